The van der Waals surface area contributed by atoms with Crippen molar-refractivity contribution in [1.29, 1.82) is 0 Å². The second kappa shape index (κ2) is 5.36. The first-order valence-corrected chi connectivity index (χ1v) is 4.49. The summed E-state index contributed by atoms with van der Waals surface area (Å²) >= 11 is 0.750. The second-order valence-electron chi connectivity index (χ2n) is 2.41. The minimum Gasteiger partial charge on any atom is -0.209 e. The summed E-state index contributed by atoms with van der Waals surface area (Å²) in [4.78, 5) is 4.59. The lowest BCUT2D eigenvalue weighted by Gasteiger charge is -2.06. The zero-order valence-electron chi connectivity index (χ0n) is 7.58. The maximum absolute atomic E-state index is 12.1. The van der Waals surface area contributed by atoms with Crippen molar-refractivity contribution in [2.75, 3.05) is 7.11 Å². The summed E-state index contributed by atoms with van der Waals surface area (Å²) < 4.78 is 40.8. The molecule has 15 heavy (non-hydrogen) atoms. The number of benzene rings is 1. The molecule has 3 nitrogen and oxygen atoms in total. The van der Waals surface area contributed by atoms with Crippen LogP contribution in [-0.4, -0.2) is 7.11 Å². The average Bonchev–Trinajstić information content (AvgIpc) is 2.18. The van der Waals surface area contributed by atoms with Crippen LogP contribution in [0.1, 0.15) is 5.56 Å². The molecule has 1 aromatic rings. The van der Waals surface area contributed by atoms with E-state index in [9.17, 15) is 13.2 Å². The summed E-state index contributed by atoms with van der Waals surface area (Å²) in [6.07, 6.45) is -4.33. The van der Waals surface area contributed by atoms with Crippen molar-refractivity contribution in [3.05, 3.63) is 29.8 Å². The standard InChI is InChI=1S/C8H7F3O3S/c1-12-13-14-15-7-4-2-6(3-5-7)8(9,10)11/h2-5H,1H3. The molecule has 0 bridgehead atoms. The van der Waals surface area contributed by atoms with Crippen molar-refractivity contribution in [2.24, 2.45) is 0 Å². The van der Waals surface area contributed by atoms with E-state index in [1.165, 1.54) is 19.2 Å². The van der Waals surface area contributed by atoms with Crippen LogP contribution in [0.25, 0.3) is 0 Å². The van der Waals surface area contributed by atoms with Gasteiger partial charge in [0.2, 0.25) is 0 Å². The van der Waals surface area contributed by atoms with E-state index in [0.29, 0.717) is 4.90 Å². The summed E-state index contributed by atoms with van der Waals surface area (Å²) in [5.74, 6) is 0. The van der Waals surface area contributed by atoms with E-state index in [1.54, 1.807) is 0 Å². The van der Waals surface area contributed by atoms with Gasteiger partial charge in [0.1, 0.15) is 0 Å². The van der Waals surface area contributed by atoms with Crippen molar-refractivity contribution >= 4 is 12.0 Å². The highest BCUT2D eigenvalue weighted by atomic mass is 32.2. The fraction of sp³-hybridized carbons (Fsp3) is 0.250. The SMILES string of the molecule is COOOSc1ccc(C(F)(F)F)cc1. The fourth-order valence-electron chi connectivity index (χ4n) is 0.780. The van der Waals surface area contributed by atoms with Crippen LogP contribution in [0.3, 0.4) is 0 Å². The zero-order chi connectivity index (χ0) is 11.3. The first-order chi connectivity index (χ1) is 7.04. The first kappa shape index (κ1) is 12.3. The van der Waals surface area contributed by atoms with E-state index >= 15 is 0 Å². The van der Waals surface area contributed by atoms with E-state index in [2.05, 4.69) is 14.3 Å². The molecule has 0 fully saturated rings. The lowest BCUT2D eigenvalue weighted by molar-refractivity contribution is -0.447. The van der Waals surface area contributed by atoms with Crippen LogP contribution in [-0.2, 0) is 20.4 Å². The van der Waals surface area contributed by atoms with Crippen LogP contribution in [0, 0.1) is 0 Å². The summed E-state index contributed by atoms with van der Waals surface area (Å²) in [5, 5.41) is 4.08. The molecule has 0 aliphatic heterocycles. The maximum Gasteiger partial charge on any atom is 0.416 e. The molecule has 0 heterocycles. The molecule has 7 heteroatoms. The minimum atomic E-state index is -4.33. The van der Waals surface area contributed by atoms with Gasteiger partial charge in [-0.15, -0.1) is 4.33 Å². The molecule has 1 rings (SSSR count). The molecule has 0 N–H and O–H groups in total. The van der Waals surface area contributed by atoms with Crippen molar-refractivity contribution in [3.63, 3.8) is 0 Å². The van der Waals surface area contributed by atoms with Gasteiger partial charge < -0.3 is 0 Å². The Hall–Kier alpha value is -0.760. The molecule has 0 aromatic heterocycles. The third-order valence-corrected chi connectivity index (χ3v) is 2.00. The van der Waals surface area contributed by atoms with Gasteiger partial charge >= 0.3 is 6.18 Å². The molecule has 0 aliphatic rings. The zero-order valence-corrected chi connectivity index (χ0v) is 8.39. The van der Waals surface area contributed by atoms with Crippen LogP contribution in [0.4, 0.5) is 13.2 Å². The summed E-state index contributed by atoms with van der Waals surface area (Å²) in [5.41, 5.74) is -0.709. The second-order valence-corrected chi connectivity index (χ2v) is 3.18. The topological polar surface area (TPSA) is 27.7 Å². The normalized spacial score (nSPS) is 11.7. The van der Waals surface area contributed by atoms with E-state index in [4.69, 9.17) is 0 Å². The number of hydrogen-bond donors (Lipinski definition) is 0. The molecule has 1 aromatic carbocycles. The summed E-state index contributed by atoms with van der Waals surface area (Å²) in [7, 11) is 1.24. The summed E-state index contributed by atoms with van der Waals surface area (Å²) in [6.45, 7) is 0. The van der Waals surface area contributed by atoms with Crippen molar-refractivity contribution < 1.29 is 27.4 Å². The lowest BCUT2D eigenvalue weighted by Crippen LogP contribution is -2.03. The Bertz CT molecular complexity index is 299. The van der Waals surface area contributed by atoms with Crippen molar-refractivity contribution in [1.82, 2.24) is 0 Å². The van der Waals surface area contributed by atoms with Gasteiger partial charge in [0.05, 0.1) is 24.7 Å². The third kappa shape index (κ3) is 4.08. The molecule has 0 amide bonds. The molecule has 0 aliphatic carbocycles. The highest BCUT2D eigenvalue weighted by Gasteiger charge is 2.29. The molecule has 84 valence electrons. The van der Waals surface area contributed by atoms with Crippen LogP contribution in [0.2, 0.25) is 0 Å². The number of hydrogen-bond acceptors (Lipinski definition) is 4. The van der Waals surface area contributed by atoms with Gasteiger partial charge in [0.15, 0.2) is 0 Å². The Morgan fingerprint density at radius 1 is 1.13 bits per heavy atom. The van der Waals surface area contributed by atoms with Gasteiger partial charge in [-0.1, -0.05) is 5.04 Å². The van der Waals surface area contributed by atoms with Crippen LogP contribution < -0.4 is 0 Å². The smallest absolute Gasteiger partial charge is 0.209 e. The van der Waals surface area contributed by atoms with Crippen LogP contribution >= 0.6 is 12.0 Å². The Kier molecular flexibility index (Phi) is 4.40. The van der Waals surface area contributed by atoms with Crippen LogP contribution in [0.15, 0.2) is 29.2 Å². The van der Waals surface area contributed by atoms with Gasteiger partial charge in [-0.25, -0.2) is 4.89 Å². The minimum absolute atomic E-state index is 0.472. The van der Waals surface area contributed by atoms with E-state index in [-0.39, 0.29) is 0 Å². The van der Waals surface area contributed by atoms with Crippen LogP contribution in [0.5, 0.6) is 0 Å². The Balaban J connectivity index is 2.57. The monoisotopic (exact) mass is 240 g/mol. The number of alkyl halides is 3. The molecular formula is C8H7F3O3S. The number of rotatable bonds is 4. The Labute approximate surface area is 88.2 Å². The molecule has 0 saturated carbocycles. The molecule has 0 saturated heterocycles. The fourth-order valence-corrected chi connectivity index (χ4v) is 1.19. The van der Waals surface area contributed by atoms with Gasteiger partial charge in [-0.2, -0.15) is 13.2 Å². The Morgan fingerprint density at radius 3 is 2.20 bits per heavy atom. The molecule has 0 radical (unpaired) electrons. The van der Waals surface area contributed by atoms with Crippen molar-refractivity contribution in [2.45, 2.75) is 11.1 Å². The van der Waals surface area contributed by atoms with Gasteiger partial charge in [-0.3, -0.25) is 0 Å². The van der Waals surface area contributed by atoms with E-state index in [0.717, 1.165) is 24.2 Å². The van der Waals surface area contributed by atoms with Gasteiger partial charge in [-0.05, 0) is 24.3 Å². The number of halogens is 3. The van der Waals surface area contributed by atoms with E-state index < -0.39 is 11.7 Å². The molecular weight excluding hydrogens is 233 g/mol. The van der Waals surface area contributed by atoms with Crippen molar-refractivity contribution in [3.8, 4) is 0 Å². The van der Waals surface area contributed by atoms with E-state index in [1.807, 2.05) is 0 Å². The maximum atomic E-state index is 12.1. The predicted octanol–water partition coefficient (Wildman–Crippen LogP) is 3.22. The lowest BCUT2D eigenvalue weighted by atomic mass is 10.2. The first-order valence-electron chi connectivity index (χ1n) is 3.75. The predicted molar refractivity (Wildman–Crippen MR) is 46.5 cm³/mol. The molecule has 0 spiro atoms. The van der Waals surface area contributed by atoms with Gasteiger partial charge in [0, 0.05) is 4.90 Å². The quantitative estimate of drug-likeness (QED) is 0.349. The highest BCUT2D eigenvalue weighted by molar-refractivity contribution is 7.94. The molecule has 0 atom stereocenters. The molecule has 0 unspecified atom stereocenters. The highest BCUT2D eigenvalue weighted by Crippen LogP contribution is 2.30. The largest absolute Gasteiger partial charge is 0.416 e. The third-order valence-electron chi connectivity index (χ3n) is 1.41. The average molecular weight is 240 g/mol. The van der Waals surface area contributed by atoms with Gasteiger partial charge in [0.25, 0.3) is 0 Å². The Morgan fingerprint density at radius 2 is 1.73 bits per heavy atom. The summed E-state index contributed by atoms with van der Waals surface area (Å²) in [6, 6.07) is 4.45.